The van der Waals surface area contributed by atoms with Crippen molar-refractivity contribution in [3.63, 3.8) is 0 Å². The fraction of sp³-hybridized carbons (Fsp3) is 0.227. The van der Waals surface area contributed by atoms with Crippen molar-refractivity contribution in [1.29, 1.82) is 5.26 Å². The predicted octanol–water partition coefficient (Wildman–Crippen LogP) is 1.66. The van der Waals surface area contributed by atoms with E-state index >= 15 is 0 Å². The molecule has 1 aliphatic heterocycles. The number of fused-ring (bicyclic) bond motifs is 1. The first kappa shape index (κ1) is 20.1. The summed E-state index contributed by atoms with van der Waals surface area (Å²) in [6.45, 7) is 2.31. The van der Waals surface area contributed by atoms with Crippen molar-refractivity contribution in [3.05, 3.63) is 71.2 Å². The summed E-state index contributed by atoms with van der Waals surface area (Å²) in [7, 11) is 1.58. The highest BCUT2D eigenvalue weighted by Gasteiger charge is 2.32. The van der Waals surface area contributed by atoms with Crippen LogP contribution in [-0.2, 0) is 11.3 Å². The molecule has 156 valence electrons. The number of nitriles is 1. The van der Waals surface area contributed by atoms with Crippen LogP contribution in [0.3, 0.4) is 0 Å². The maximum Gasteiger partial charge on any atom is 0.272 e. The summed E-state index contributed by atoms with van der Waals surface area (Å²) in [5, 5.41) is 16.4. The van der Waals surface area contributed by atoms with Gasteiger partial charge in [0.2, 0.25) is 0 Å². The average Bonchev–Trinajstić information content (AvgIpc) is 3.15. The summed E-state index contributed by atoms with van der Waals surface area (Å²) < 4.78 is 7.13. The number of pyridine rings is 1. The van der Waals surface area contributed by atoms with Gasteiger partial charge in [0, 0.05) is 19.3 Å². The van der Waals surface area contributed by atoms with E-state index in [4.69, 9.17) is 4.74 Å². The molecule has 0 saturated carbocycles. The molecule has 0 fully saturated rings. The molecule has 2 aromatic heterocycles. The Labute approximate surface area is 178 Å². The summed E-state index contributed by atoms with van der Waals surface area (Å²) >= 11 is 0. The second-order valence-electron chi connectivity index (χ2n) is 7.23. The maximum absolute atomic E-state index is 12.8. The topological polar surface area (TPSA) is 113 Å². The Hall–Kier alpha value is -4.19. The Morgan fingerprint density at radius 3 is 2.84 bits per heavy atom. The molecule has 0 aliphatic carbocycles. The number of nitrogens with one attached hydrogen (secondary N) is 1. The number of hydrogen-bond acceptors (Lipinski definition) is 6. The number of nitrogens with zero attached hydrogens (tertiary/aromatic N) is 5. The van der Waals surface area contributed by atoms with Crippen LogP contribution in [0, 0.1) is 18.3 Å². The van der Waals surface area contributed by atoms with Gasteiger partial charge in [0.15, 0.2) is 17.3 Å². The number of amides is 2. The number of ether oxygens (including phenoxy) is 1. The highest BCUT2D eigenvalue weighted by molar-refractivity contribution is 6.02. The van der Waals surface area contributed by atoms with Crippen molar-refractivity contribution < 1.29 is 14.3 Å². The van der Waals surface area contributed by atoms with Crippen molar-refractivity contribution in [1.82, 2.24) is 20.1 Å². The molecule has 9 nitrogen and oxygen atoms in total. The first-order valence-electron chi connectivity index (χ1n) is 9.66. The lowest BCUT2D eigenvalue weighted by Crippen LogP contribution is -2.49. The van der Waals surface area contributed by atoms with Crippen LogP contribution in [0.25, 0.3) is 0 Å². The van der Waals surface area contributed by atoms with E-state index < -0.39 is 11.9 Å². The Morgan fingerprint density at radius 2 is 2.10 bits per heavy atom. The molecule has 3 heterocycles. The smallest absolute Gasteiger partial charge is 0.272 e. The van der Waals surface area contributed by atoms with Gasteiger partial charge in [-0.05, 0) is 24.6 Å². The molecular weight excluding hydrogens is 396 g/mol. The van der Waals surface area contributed by atoms with Crippen molar-refractivity contribution >= 4 is 17.6 Å². The first-order chi connectivity index (χ1) is 15.0. The third kappa shape index (κ3) is 4.09. The molecule has 3 aromatic rings. The Balaban J connectivity index is 1.51. The van der Waals surface area contributed by atoms with Crippen LogP contribution in [0.15, 0.2) is 48.7 Å². The van der Waals surface area contributed by atoms with E-state index in [1.165, 1.54) is 15.6 Å². The fourth-order valence-electron chi connectivity index (χ4n) is 3.27. The number of aryl methyl sites for hydroxylation is 1. The molecule has 1 aromatic carbocycles. The first-order valence-corrected chi connectivity index (χ1v) is 9.66. The van der Waals surface area contributed by atoms with E-state index in [-0.39, 0.29) is 23.9 Å². The summed E-state index contributed by atoms with van der Waals surface area (Å²) in [6.07, 6.45) is 1.56. The molecule has 2 amide bonds. The number of anilines is 1. The molecule has 1 aliphatic rings. The number of carbonyl (C=O) groups excluding carboxylic acids is 2. The molecule has 1 atom stereocenters. The summed E-state index contributed by atoms with van der Waals surface area (Å²) in [5.74, 6) is -0.0681. The minimum absolute atomic E-state index is 0.0389. The van der Waals surface area contributed by atoms with E-state index in [0.29, 0.717) is 18.1 Å². The number of likely N-dealkylation sites (N-methyl/N-ethyl adjacent to an activating group) is 1. The third-order valence-corrected chi connectivity index (χ3v) is 4.99. The lowest BCUT2D eigenvalue weighted by atomic mass is 10.1. The van der Waals surface area contributed by atoms with Crippen molar-refractivity contribution in [2.45, 2.75) is 19.5 Å². The highest BCUT2D eigenvalue weighted by Crippen LogP contribution is 2.27. The van der Waals surface area contributed by atoms with Gasteiger partial charge in [-0.15, -0.1) is 0 Å². The van der Waals surface area contributed by atoms with E-state index in [1.54, 1.807) is 25.4 Å². The molecule has 0 saturated heterocycles. The van der Waals surface area contributed by atoms with Crippen molar-refractivity contribution in [3.8, 4) is 11.8 Å². The van der Waals surface area contributed by atoms with Crippen LogP contribution in [-0.4, -0.2) is 46.3 Å². The lowest BCUT2D eigenvalue weighted by Gasteiger charge is -2.19. The summed E-state index contributed by atoms with van der Waals surface area (Å²) in [4.78, 5) is 31.1. The van der Waals surface area contributed by atoms with Gasteiger partial charge in [-0.1, -0.05) is 29.8 Å². The third-order valence-electron chi connectivity index (χ3n) is 4.99. The number of rotatable bonds is 4. The molecule has 4 rings (SSSR count). The minimum atomic E-state index is -0.917. The second kappa shape index (κ2) is 8.28. The average molecular weight is 416 g/mol. The maximum atomic E-state index is 12.8. The molecule has 0 bridgehead atoms. The number of benzene rings is 1. The molecule has 0 radical (unpaired) electrons. The predicted molar refractivity (Wildman–Crippen MR) is 112 cm³/mol. The number of carbonyl (C=O) groups is 2. The molecule has 0 spiro atoms. The van der Waals surface area contributed by atoms with Crippen LogP contribution in [0.5, 0.6) is 5.75 Å². The fourth-order valence-corrected chi connectivity index (χ4v) is 3.27. The SMILES string of the molecule is Cc1ccc(Cn2nc(C(=O)N[C@H]3COc4cccnc4N(C)C3=O)cc2C#N)cc1. The van der Waals surface area contributed by atoms with Gasteiger partial charge in [0.1, 0.15) is 24.4 Å². The Bertz CT molecular complexity index is 1180. The summed E-state index contributed by atoms with van der Waals surface area (Å²) in [5.41, 5.74) is 2.39. The normalized spacial score (nSPS) is 15.5. The van der Waals surface area contributed by atoms with Crippen molar-refractivity contribution in [2.75, 3.05) is 18.6 Å². The van der Waals surface area contributed by atoms with E-state index in [2.05, 4.69) is 21.5 Å². The Kier molecular flexibility index (Phi) is 5.37. The minimum Gasteiger partial charge on any atom is -0.487 e. The van der Waals surface area contributed by atoms with Gasteiger partial charge < -0.3 is 10.1 Å². The van der Waals surface area contributed by atoms with Gasteiger partial charge in [-0.3, -0.25) is 14.5 Å². The molecule has 31 heavy (non-hydrogen) atoms. The van der Waals surface area contributed by atoms with Gasteiger partial charge in [0.25, 0.3) is 11.8 Å². The molecule has 0 unspecified atom stereocenters. The van der Waals surface area contributed by atoms with Crippen LogP contribution >= 0.6 is 0 Å². The van der Waals surface area contributed by atoms with Crippen LogP contribution in [0.4, 0.5) is 5.82 Å². The van der Waals surface area contributed by atoms with E-state index in [0.717, 1.165) is 11.1 Å². The lowest BCUT2D eigenvalue weighted by molar-refractivity contribution is -0.120. The molecular formula is C22H20N6O3. The molecule has 9 heteroatoms. The number of hydrogen-bond donors (Lipinski definition) is 1. The zero-order valence-electron chi connectivity index (χ0n) is 17.1. The van der Waals surface area contributed by atoms with Crippen molar-refractivity contribution in [2.24, 2.45) is 0 Å². The van der Waals surface area contributed by atoms with Gasteiger partial charge in [-0.25, -0.2) is 9.67 Å². The highest BCUT2D eigenvalue weighted by atomic mass is 16.5. The standard InChI is InChI=1S/C22H20N6O3/c1-14-5-7-15(8-6-14)12-28-16(11-23)10-17(26-28)21(29)25-18-13-31-19-4-3-9-24-20(19)27(2)22(18)30/h3-10,18H,12-13H2,1-2H3,(H,25,29)/t18-/m0/s1. The van der Waals surface area contributed by atoms with Gasteiger partial charge >= 0.3 is 0 Å². The summed E-state index contributed by atoms with van der Waals surface area (Å²) in [6, 6.07) is 13.8. The van der Waals surface area contributed by atoms with Crippen LogP contribution < -0.4 is 15.0 Å². The van der Waals surface area contributed by atoms with Crippen LogP contribution in [0.1, 0.15) is 27.3 Å². The Morgan fingerprint density at radius 1 is 1.32 bits per heavy atom. The van der Waals surface area contributed by atoms with Crippen LogP contribution in [0.2, 0.25) is 0 Å². The largest absolute Gasteiger partial charge is 0.487 e. The van der Waals surface area contributed by atoms with Gasteiger partial charge in [0.05, 0.1) is 6.54 Å². The van der Waals surface area contributed by atoms with Gasteiger partial charge in [-0.2, -0.15) is 10.4 Å². The molecule has 1 N–H and O–H groups in total. The van der Waals surface area contributed by atoms with E-state index in [1.807, 2.05) is 31.2 Å². The number of aromatic nitrogens is 3. The monoisotopic (exact) mass is 416 g/mol. The zero-order valence-corrected chi connectivity index (χ0v) is 17.1. The van der Waals surface area contributed by atoms with E-state index in [9.17, 15) is 14.9 Å². The zero-order chi connectivity index (χ0) is 22.0. The second-order valence-corrected chi connectivity index (χ2v) is 7.23. The quantitative estimate of drug-likeness (QED) is 0.692.